The number of hydrogen-bond donors (Lipinski definition) is 0. The molecule has 4 rings (SSSR count). The van der Waals surface area contributed by atoms with Crippen LogP contribution < -0.4 is 4.74 Å². The Morgan fingerprint density at radius 1 is 1.07 bits per heavy atom. The van der Waals surface area contributed by atoms with Crippen molar-refractivity contribution >= 4 is 10.0 Å². The Hall–Kier alpha value is -1.89. The van der Waals surface area contributed by atoms with E-state index in [9.17, 15) is 8.42 Å². The molecule has 162 valence electrons. The van der Waals surface area contributed by atoms with E-state index < -0.39 is 10.0 Å². The summed E-state index contributed by atoms with van der Waals surface area (Å²) in [6, 6.07) is 15.6. The third-order valence-corrected chi connectivity index (χ3v) is 7.95. The second kappa shape index (κ2) is 8.69. The first-order valence-electron chi connectivity index (χ1n) is 10.9. The van der Waals surface area contributed by atoms with E-state index in [0.717, 1.165) is 32.5 Å². The maximum Gasteiger partial charge on any atom is 0.247 e. The zero-order valence-corrected chi connectivity index (χ0v) is 18.9. The minimum absolute atomic E-state index is 0.135. The number of aryl methyl sites for hydroxylation is 1. The number of likely N-dealkylation sites (tertiary alicyclic amines) is 1. The SMILES string of the molecule is Cc1cccc(CN2CC[C@@H]3Oc4ccccc4S(=O)(=O)N(CC(C)C)[C@H]3CC2)c1. The maximum absolute atomic E-state index is 13.6. The highest BCUT2D eigenvalue weighted by molar-refractivity contribution is 7.89. The van der Waals surface area contributed by atoms with Gasteiger partial charge in [0.05, 0.1) is 6.04 Å². The molecule has 0 aromatic heterocycles. The lowest BCUT2D eigenvalue weighted by Gasteiger charge is -2.32. The molecular formula is C24H32N2O3S. The van der Waals surface area contributed by atoms with E-state index >= 15 is 0 Å². The Labute approximate surface area is 180 Å². The van der Waals surface area contributed by atoms with Gasteiger partial charge >= 0.3 is 0 Å². The molecule has 2 heterocycles. The Balaban J connectivity index is 1.62. The summed E-state index contributed by atoms with van der Waals surface area (Å²) in [6.45, 7) is 9.41. The van der Waals surface area contributed by atoms with Gasteiger partial charge in [-0.15, -0.1) is 0 Å². The van der Waals surface area contributed by atoms with Crippen LogP contribution in [-0.2, 0) is 16.6 Å². The predicted octanol–water partition coefficient (Wildman–Crippen LogP) is 4.07. The van der Waals surface area contributed by atoms with Gasteiger partial charge in [-0.05, 0) is 43.4 Å². The monoisotopic (exact) mass is 428 g/mol. The van der Waals surface area contributed by atoms with Crippen molar-refractivity contribution in [1.82, 2.24) is 9.21 Å². The zero-order valence-electron chi connectivity index (χ0n) is 18.1. The van der Waals surface area contributed by atoms with Crippen LogP contribution in [0.1, 0.15) is 37.8 Å². The molecule has 2 aromatic rings. The van der Waals surface area contributed by atoms with E-state index in [1.165, 1.54) is 11.1 Å². The average Bonchev–Trinajstić information content (AvgIpc) is 2.92. The van der Waals surface area contributed by atoms with Crippen molar-refractivity contribution < 1.29 is 13.2 Å². The van der Waals surface area contributed by atoms with Gasteiger partial charge in [0.15, 0.2) is 0 Å². The van der Waals surface area contributed by atoms with Crippen LogP contribution in [-0.4, -0.2) is 49.4 Å². The molecule has 1 saturated heterocycles. The standard InChI is InChI=1S/C24H32N2O3S/c1-18(2)16-26-21-11-13-25(17-20-8-6-7-19(3)15-20)14-12-22(21)29-23-9-4-5-10-24(23)30(26,27)28/h4-10,15,18,21-22H,11-14,16-17H2,1-3H3/t21-,22-/m0/s1. The van der Waals surface area contributed by atoms with Gasteiger partial charge < -0.3 is 4.74 Å². The van der Waals surface area contributed by atoms with Gasteiger partial charge in [-0.2, -0.15) is 4.31 Å². The molecule has 2 aliphatic rings. The molecule has 0 amide bonds. The number of hydrogen-bond acceptors (Lipinski definition) is 4. The van der Waals surface area contributed by atoms with E-state index in [4.69, 9.17) is 4.74 Å². The second-order valence-corrected chi connectivity index (χ2v) is 10.8. The van der Waals surface area contributed by atoms with E-state index in [2.05, 4.69) is 49.9 Å². The highest BCUT2D eigenvalue weighted by Crippen LogP contribution is 2.37. The molecule has 0 N–H and O–H groups in total. The zero-order chi connectivity index (χ0) is 21.3. The van der Waals surface area contributed by atoms with E-state index in [0.29, 0.717) is 17.2 Å². The van der Waals surface area contributed by atoms with E-state index in [-0.39, 0.29) is 18.1 Å². The molecule has 1 fully saturated rings. The van der Waals surface area contributed by atoms with Gasteiger partial charge in [-0.3, -0.25) is 4.90 Å². The number of ether oxygens (including phenoxy) is 1. The predicted molar refractivity (Wildman–Crippen MR) is 119 cm³/mol. The molecule has 0 unspecified atom stereocenters. The molecule has 30 heavy (non-hydrogen) atoms. The highest BCUT2D eigenvalue weighted by atomic mass is 32.2. The molecule has 0 aliphatic carbocycles. The number of fused-ring (bicyclic) bond motifs is 2. The van der Waals surface area contributed by atoms with Crippen molar-refractivity contribution in [2.75, 3.05) is 19.6 Å². The summed E-state index contributed by atoms with van der Waals surface area (Å²) in [6.07, 6.45) is 1.45. The maximum atomic E-state index is 13.6. The first kappa shape index (κ1) is 21.3. The quantitative estimate of drug-likeness (QED) is 0.737. The van der Waals surface area contributed by atoms with Gasteiger partial charge in [0, 0.05) is 26.2 Å². The van der Waals surface area contributed by atoms with Crippen LogP contribution in [0, 0.1) is 12.8 Å². The van der Waals surface area contributed by atoms with Gasteiger partial charge in [0.25, 0.3) is 0 Å². The molecule has 0 bridgehead atoms. The van der Waals surface area contributed by atoms with Crippen LogP contribution in [0.2, 0.25) is 0 Å². The molecule has 6 heteroatoms. The first-order valence-corrected chi connectivity index (χ1v) is 12.3. The number of benzene rings is 2. The lowest BCUT2D eigenvalue weighted by Crippen LogP contribution is -2.48. The summed E-state index contributed by atoms with van der Waals surface area (Å²) in [7, 11) is -3.59. The minimum Gasteiger partial charge on any atom is -0.487 e. The van der Waals surface area contributed by atoms with Crippen LogP contribution in [0.15, 0.2) is 53.4 Å². The summed E-state index contributed by atoms with van der Waals surface area (Å²) < 4.78 is 35.2. The van der Waals surface area contributed by atoms with E-state index in [1.807, 2.05) is 6.07 Å². The molecule has 0 radical (unpaired) electrons. The van der Waals surface area contributed by atoms with Crippen molar-refractivity contribution in [2.24, 2.45) is 5.92 Å². The lowest BCUT2D eigenvalue weighted by molar-refractivity contribution is 0.108. The number of nitrogens with zero attached hydrogens (tertiary/aromatic N) is 2. The Kier molecular flexibility index (Phi) is 6.19. The Bertz CT molecular complexity index is 989. The van der Waals surface area contributed by atoms with Crippen LogP contribution >= 0.6 is 0 Å². The van der Waals surface area contributed by atoms with Crippen molar-refractivity contribution in [3.63, 3.8) is 0 Å². The molecule has 5 nitrogen and oxygen atoms in total. The summed E-state index contributed by atoms with van der Waals surface area (Å²) in [5.41, 5.74) is 2.57. The number of rotatable bonds is 4. The summed E-state index contributed by atoms with van der Waals surface area (Å²) in [5.74, 6) is 0.739. The number of sulfonamides is 1. The minimum atomic E-state index is -3.59. The van der Waals surface area contributed by atoms with Crippen molar-refractivity contribution in [3.8, 4) is 5.75 Å². The summed E-state index contributed by atoms with van der Waals surface area (Å²) >= 11 is 0. The van der Waals surface area contributed by atoms with E-state index in [1.54, 1.807) is 22.5 Å². The average molecular weight is 429 g/mol. The second-order valence-electron chi connectivity index (χ2n) is 8.98. The molecule has 2 aromatic carbocycles. The Morgan fingerprint density at radius 2 is 1.83 bits per heavy atom. The molecule has 0 saturated carbocycles. The van der Waals surface area contributed by atoms with Gasteiger partial charge in [-0.25, -0.2) is 8.42 Å². The smallest absolute Gasteiger partial charge is 0.247 e. The van der Waals surface area contributed by atoms with Gasteiger partial charge in [-0.1, -0.05) is 55.8 Å². The molecular weight excluding hydrogens is 396 g/mol. The van der Waals surface area contributed by atoms with Crippen molar-refractivity contribution in [3.05, 3.63) is 59.7 Å². The van der Waals surface area contributed by atoms with Gasteiger partial charge in [0.1, 0.15) is 16.7 Å². The largest absolute Gasteiger partial charge is 0.487 e. The molecule has 2 aliphatic heterocycles. The molecule has 2 atom stereocenters. The summed E-state index contributed by atoms with van der Waals surface area (Å²) in [5, 5.41) is 0. The fraction of sp³-hybridized carbons (Fsp3) is 0.500. The third kappa shape index (κ3) is 4.41. The highest BCUT2D eigenvalue weighted by Gasteiger charge is 2.43. The topological polar surface area (TPSA) is 49.9 Å². The Morgan fingerprint density at radius 3 is 2.60 bits per heavy atom. The van der Waals surface area contributed by atoms with Crippen LogP contribution in [0.25, 0.3) is 0 Å². The van der Waals surface area contributed by atoms with Crippen LogP contribution in [0.4, 0.5) is 0 Å². The summed E-state index contributed by atoms with van der Waals surface area (Å²) in [4.78, 5) is 2.73. The fourth-order valence-corrected chi connectivity index (χ4v) is 6.60. The van der Waals surface area contributed by atoms with Crippen molar-refractivity contribution in [1.29, 1.82) is 0 Å². The third-order valence-electron chi connectivity index (χ3n) is 6.02. The first-order chi connectivity index (χ1) is 14.3. The van der Waals surface area contributed by atoms with Gasteiger partial charge in [0.2, 0.25) is 10.0 Å². The normalized spacial score (nSPS) is 24.4. The molecule has 0 spiro atoms. The van der Waals surface area contributed by atoms with Crippen LogP contribution in [0.3, 0.4) is 0 Å². The van der Waals surface area contributed by atoms with Crippen LogP contribution in [0.5, 0.6) is 5.75 Å². The number of para-hydroxylation sites is 1. The lowest BCUT2D eigenvalue weighted by atomic mass is 10.0. The van der Waals surface area contributed by atoms with Crippen molar-refractivity contribution in [2.45, 2.75) is 57.2 Å². The fourth-order valence-electron chi connectivity index (χ4n) is 4.63.